The summed E-state index contributed by atoms with van der Waals surface area (Å²) in [5.74, 6) is 0.406. The summed E-state index contributed by atoms with van der Waals surface area (Å²) in [5.41, 5.74) is -0.0103. The van der Waals surface area contributed by atoms with Crippen molar-refractivity contribution >= 4 is 17.6 Å². The smallest absolute Gasteiger partial charge is 0.245 e. The topological polar surface area (TPSA) is 67.2 Å². The minimum absolute atomic E-state index is 0.0218. The van der Waals surface area contributed by atoms with Gasteiger partial charge < -0.3 is 10.2 Å². The molecule has 0 atom stereocenters. The van der Waals surface area contributed by atoms with E-state index in [9.17, 15) is 9.59 Å². The van der Waals surface area contributed by atoms with Crippen molar-refractivity contribution in [1.29, 1.82) is 0 Å². The number of amides is 2. The van der Waals surface area contributed by atoms with Gasteiger partial charge in [-0.3, -0.25) is 9.59 Å². The molecule has 0 saturated heterocycles. The fourth-order valence-electron chi connectivity index (χ4n) is 2.60. The maximum Gasteiger partial charge on any atom is 0.245 e. The van der Waals surface area contributed by atoms with Crippen LogP contribution in [-0.2, 0) is 20.5 Å². The monoisotopic (exact) mass is 378 g/mol. The minimum atomic E-state index is -0.531. The third kappa shape index (κ3) is 6.08. The van der Waals surface area contributed by atoms with E-state index in [-0.39, 0.29) is 35.4 Å². The Labute approximate surface area is 164 Å². The molecular formula is C21H38N4O2. The maximum atomic E-state index is 12.8. The summed E-state index contributed by atoms with van der Waals surface area (Å²) in [6, 6.07) is 1.87. The van der Waals surface area contributed by atoms with Crippen LogP contribution in [0.1, 0.15) is 81.9 Å². The molecule has 0 bridgehead atoms. The van der Waals surface area contributed by atoms with E-state index < -0.39 is 5.41 Å². The second kappa shape index (κ2) is 7.64. The molecule has 0 saturated carbocycles. The zero-order valence-electron chi connectivity index (χ0n) is 19.0. The molecule has 6 nitrogen and oxygen atoms in total. The van der Waals surface area contributed by atoms with E-state index in [1.165, 1.54) is 0 Å². The standard InChI is InChI=1S/C21H38N4O2/c1-14(2)24(18(27)20(6,7)8)13-17(26)22-16-12-15(19(3,4)5)23-25(16)21(9,10)11/h12,14H,13H2,1-11H3,(H,22,26). The van der Waals surface area contributed by atoms with Gasteiger partial charge in [0, 0.05) is 22.9 Å². The lowest BCUT2D eigenvalue weighted by molar-refractivity contribution is -0.143. The molecule has 1 N–H and O–H groups in total. The fourth-order valence-corrected chi connectivity index (χ4v) is 2.60. The summed E-state index contributed by atoms with van der Waals surface area (Å²) in [6.07, 6.45) is 0. The van der Waals surface area contributed by atoms with Crippen LogP contribution in [-0.4, -0.2) is 39.1 Å². The first-order valence-corrected chi connectivity index (χ1v) is 9.66. The first-order valence-electron chi connectivity index (χ1n) is 9.66. The van der Waals surface area contributed by atoms with Crippen molar-refractivity contribution in [1.82, 2.24) is 14.7 Å². The van der Waals surface area contributed by atoms with E-state index in [4.69, 9.17) is 5.10 Å². The lowest BCUT2D eigenvalue weighted by atomic mass is 9.92. The van der Waals surface area contributed by atoms with Crippen LogP contribution < -0.4 is 5.32 Å². The first kappa shape index (κ1) is 23.2. The van der Waals surface area contributed by atoms with Crippen molar-refractivity contribution in [3.05, 3.63) is 11.8 Å². The van der Waals surface area contributed by atoms with E-state index >= 15 is 0 Å². The van der Waals surface area contributed by atoms with Crippen molar-refractivity contribution in [3.63, 3.8) is 0 Å². The molecule has 0 aliphatic carbocycles. The molecule has 1 aromatic heterocycles. The Morgan fingerprint density at radius 2 is 1.59 bits per heavy atom. The van der Waals surface area contributed by atoms with Crippen molar-refractivity contribution < 1.29 is 9.59 Å². The summed E-state index contributed by atoms with van der Waals surface area (Å²) in [4.78, 5) is 27.1. The molecule has 1 rings (SSSR count). The second-order valence-electron chi connectivity index (χ2n) is 10.6. The average Bonchev–Trinajstić information content (AvgIpc) is 2.86. The van der Waals surface area contributed by atoms with E-state index in [2.05, 4.69) is 26.1 Å². The third-order valence-corrected chi connectivity index (χ3v) is 4.22. The molecule has 6 heteroatoms. The van der Waals surface area contributed by atoms with Gasteiger partial charge >= 0.3 is 0 Å². The quantitative estimate of drug-likeness (QED) is 0.855. The summed E-state index contributed by atoms with van der Waals surface area (Å²) < 4.78 is 1.84. The Morgan fingerprint density at radius 3 is 1.96 bits per heavy atom. The molecule has 154 valence electrons. The number of hydrogen-bond acceptors (Lipinski definition) is 3. The van der Waals surface area contributed by atoms with Crippen molar-refractivity contribution in [2.24, 2.45) is 5.41 Å². The highest BCUT2D eigenvalue weighted by molar-refractivity contribution is 5.94. The number of carbonyl (C=O) groups excluding carboxylic acids is 2. The normalized spacial score (nSPS) is 13.0. The Bertz CT molecular complexity index is 683. The lowest BCUT2D eigenvalue weighted by Gasteiger charge is -2.32. The largest absolute Gasteiger partial charge is 0.330 e. The summed E-state index contributed by atoms with van der Waals surface area (Å²) in [6.45, 7) is 21.9. The highest BCUT2D eigenvalue weighted by Gasteiger charge is 2.31. The summed E-state index contributed by atoms with van der Waals surface area (Å²) in [7, 11) is 0. The van der Waals surface area contributed by atoms with E-state index in [0.717, 1.165) is 5.69 Å². The van der Waals surface area contributed by atoms with E-state index in [1.54, 1.807) is 4.90 Å². The average molecular weight is 379 g/mol. The van der Waals surface area contributed by atoms with Gasteiger partial charge in [-0.2, -0.15) is 5.10 Å². The van der Waals surface area contributed by atoms with E-state index in [1.807, 2.05) is 66.1 Å². The van der Waals surface area contributed by atoms with Crippen LogP contribution in [0.15, 0.2) is 6.07 Å². The Kier molecular flexibility index (Phi) is 6.56. The van der Waals surface area contributed by atoms with Crippen LogP contribution in [0.3, 0.4) is 0 Å². The van der Waals surface area contributed by atoms with Gasteiger partial charge in [0.2, 0.25) is 11.8 Å². The summed E-state index contributed by atoms with van der Waals surface area (Å²) in [5, 5.41) is 7.68. The molecule has 0 aliphatic rings. The zero-order valence-corrected chi connectivity index (χ0v) is 19.0. The number of aromatic nitrogens is 2. The van der Waals surface area contributed by atoms with Crippen molar-refractivity contribution in [2.75, 3.05) is 11.9 Å². The van der Waals surface area contributed by atoms with Gasteiger partial charge in [0.05, 0.1) is 11.2 Å². The number of anilines is 1. The Hall–Kier alpha value is -1.85. The number of rotatable bonds is 4. The highest BCUT2D eigenvalue weighted by atomic mass is 16.2. The summed E-state index contributed by atoms with van der Waals surface area (Å²) >= 11 is 0. The predicted octanol–water partition coefficient (Wildman–Crippen LogP) is 4.16. The van der Waals surface area contributed by atoms with Crippen molar-refractivity contribution in [2.45, 2.75) is 93.2 Å². The lowest BCUT2D eigenvalue weighted by Crippen LogP contribution is -2.47. The van der Waals surface area contributed by atoms with Gasteiger partial charge in [-0.25, -0.2) is 4.68 Å². The first-order chi connectivity index (χ1) is 11.9. The van der Waals surface area contributed by atoms with Gasteiger partial charge in [0.1, 0.15) is 12.4 Å². The van der Waals surface area contributed by atoms with Crippen LogP contribution in [0.4, 0.5) is 5.82 Å². The molecule has 0 fully saturated rings. The Balaban J connectivity index is 3.11. The van der Waals surface area contributed by atoms with Crippen molar-refractivity contribution in [3.8, 4) is 0 Å². The molecular weight excluding hydrogens is 340 g/mol. The number of nitrogens with one attached hydrogen (secondary N) is 1. The molecule has 1 aromatic rings. The molecule has 0 spiro atoms. The van der Waals surface area contributed by atoms with Gasteiger partial charge in [-0.1, -0.05) is 41.5 Å². The van der Waals surface area contributed by atoms with Gasteiger partial charge in [-0.05, 0) is 34.6 Å². The number of hydrogen-bond donors (Lipinski definition) is 1. The SMILES string of the molecule is CC(C)N(CC(=O)Nc1cc(C(C)(C)C)nn1C(C)(C)C)C(=O)C(C)(C)C. The molecule has 0 aromatic carbocycles. The molecule has 1 heterocycles. The highest BCUT2D eigenvalue weighted by Crippen LogP contribution is 2.28. The molecule has 0 radical (unpaired) electrons. The Morgan fingerprint density at radius 1 is 1.07 bits per heavy atom. The number of nitrogens with zero attached hydrogens (tertiary/aromatic N) is 3. The third-order valence-electron chi connectivity index (χ3n) is 4.22. The van der Waals surface area contributed by atoms with Gasteiger partial charge in [-0.15, -0.1) is 0 Å². The molecule has 27 heavy (non-hydrogen) atoms. The van der Waals surface area contributed by atoms with Gasteiger partial charge in [0.25, 0.3) is 0 Å². The second-order valence-corrected chi connectivity index (χ2v) is 10.6. The molecule has 0 aliphatic heterocycles. The van der Waals surface area contributed by atoms with E-state index in [0.29, 0.717) is 5.82 Å². The van der Waals surface area contributed by atoms with Crippen LogP contribution in [0.5, 0.6) is 0 Å². The fraction of sp³-hybridized carbons (Fsp3) is 0.762. The number of carbonyl (C=O) groups is 2. The maximum absolute atomic E-state index is 12.8. The minimum Gasteiger partial charge on any atom is -0.330 e. The zero-order chi connectivity index (χ0) is 21.4. The van der Waals surface area contributed by atoms with Gasteiger partial charge in [0.15, 0.2) is 0 Å². The molecule has 0 unspecified atom stereocenters. The van der Waals surface area contributed by atoms with Crippen LogP contribution in [0.25, 0.3) is 0 Å². The van der Waals surface area contributed by atoms with Crippen LogP contribution in [0, 0.1) is 5.41 Å². The van der Waals surface area contributed by atoms with Crippen LogP contribution >= 0.6 is 0 Å². The van der Waals surface area contributed by atoms with Crippen LogP contribution in [0.2, 0.25) is 0 Å². The predicted molar refractivity (Wildman–Crippen MR) is 111 cm³/mol. The molecule has 2 amide bonds.